The third kappa shape index (κ3) is 20.5. The van der Waals surface area contributed by atoms with Gasteiger partial charge in [0.2, 0.25) is 0 Å². The second kappa shape index (κ2) is 22.8. The van der Waals surface area contributed by atoms with Crippen molar-refractivity contribution in [2.45, 2.75) is 63.9 Å². The molecule has 1 atom stereocenters. The van der Waals surface area contributed by atoms with E-state index < -0.39 is 24.6 Å². The first-order chi connectivity index (χ1) is 19.8. The van der Waals surface area contributed by atoms with Crippen LogP contribution in [0.2, 0.25) is 0 Å². The number of aryl methyl sites for hydroxylation is 3. The fraction of sp³-hybridized carbons (Fsp3) is 0.364. The molecule has 0 fully saturated rings. The Kier molecular flexibility index (Phi) is 19.4. The summed E-state index contributed by atoms with van der Waals surface area (Å²) in [5.41, 5.74) is 3.60. The first kappa shape index (κ1) is 35.0. The van der Waals surface area contributed by atoms with E-state index in [2.05, 4.69) is 0 Å². The van der Waals surface area contributed by atoms with Crippen LogP contribution >= 0.6 is 0 Å². The molecule has 0 spiro atoms. The summed E-state index contributed by atoms with van der Waals surface area (Å²) in [7, 11) is 0. The van der Waals surface area contributed by atoms with E-state index in [-0.39, 0.29) is 25.4 Å². The van der Waals surface area contributed by atoms with Gasteiger partial charge >= 0.3 is 17.9 Å². The molecule has 3 aromatic carbocycles. The average Bonchev–Trinajstić information content (AvgIpc) is 2.98. The topological polar surface area (TPSA) is 141 Å². The van der Waals surface area contributed by atoms with Crippen molar-refractivity contribution in [1.29, 1.82) is 0 Å². The van der Waals surface area contributed by atoms with Crippen LogP contribution in [-0.2, 0) is 38.4 Å². The van der Waals surface area contributed by atoms with Gasteiger partial charge in [-0.3, -0.25) is 14.4 Å². The van der Waals surface area contributed by atoms with Gasteiger partial charge in [-0.1, -0.05) is 91.0 Å². The van der Waals surface area contributed by atoms with Gasteiger partial charge in [-0.05, 0) is 55.2 Å². The van der Waals surface area contributed by atoms with Crippen LogP contribution in [0.5, 0.6) is 0 Å². The lowest BCUT2D eigenvalue weighted by Gasteiger charge is -2.08. The quantitative estimate of drug-likeness (QED) is 0.186. The van der Waals surface area contributed by atoms with E-state index in [1.54, 1.807) is 0 Å². The number of rotatable bonds is 15. The second-order valence-corrected chi connectivity index (χ2v) is 9.32. The molecular weight excluding hydrogens is 524 g/mol. The number of aliphatic hydroxyl groups excluding tert-OH is 2. The van der Waals surface area contributed by atoms with Crippen LogP contribution in [-0.4, -0.2) is 57.7 Å². The summed E-state index contributed by atoms with van der Waals surface area (Å²) in [5.74, 6) is -1.77. The minimum atomic E-state index is -0.979. The summed E-state index contributed by atoms with van der Waals surface area (Å²) < 4.78 is 4.78. The minimum absolute atomic E-state index is 0.138. The predicted octanol–water partition coefficient (Wildman–Crippen LogP) is 5.09. The van der Waals surface area contributed by atoms with Crippen molar-refractivity contribution in [3.8, 4) is 0 Å². The molecule has 3 rings (SSSR count). The van der Waals surface area contributed by atoms with E-state index in [4.69, 9.17) is 25.2 Å². The Hall–Kier alpha value is -4.01. The number of hydrogen-bond donors (Lipinski definition) is 4. The molecule has 0 saturated carbocycles. The molecule has 41 heavy (non-hydrogen) atoms. The summed E-state index contributed by atoms with van der Waals surface area (Å²) in [6.07, 6.45) is 4.57. The van der Waals surface area contributed by atoms with Gasteiger partial charge in [-0.2, -0.15) is 0 Å². The van der Waals surface area contributed by atoms with Crippen LogP contribution in [0.15, 0.2) is 91.0 Å². The second-order valence-electron chi connectivity index (χ2n) is 9.32. The average molecular weight is 567 g/mol. The van der Waals surface area contributed by atoms with Crippen molar-refractivity contribution in [3.63, 3.8) is 0 Å². The van der Waals surface area contributed by atoms with Crippen molar-refractivity contribution in [2.24, 2.45) is 0 Å². The van der Waals surface area contributed by atoms with Gasteiger partial charge in [0.25, 0.3) is 0 Å². The molecule has 0 heterocycles. The molecule has 222 valence electrons. The van der Waals surface area contributed by atoms with Crippen molar-refractivity contribution >= 4 is 17.9 Å². The zero-order chi connectivity index (χ0) is 30.1. The zero-order valence-electron chi connectivity index (χ0n) is 23.4. The number of aliphatic carboxylic acids is 2. The van der Waals surface area contributed by atoms with Gasteiger partial charge in [0, 0.05) is 19.3 Å². The Labute approximate surface area is 242 Å². The molecule has 0 aliphatic heterocycles. The van der Waals surface area contributed by atoms with Gasteiger partial charge in [-0.25, -0.2) is 0 Å². The van der Waals surface area contributed by atoms with Gasteiger partial charge < -0.3 is 25.2 Å². The Bertz CT molecular complexity index is 1030. The summed E-state index contributed by atoms with van der Waals surface area (Å²) >= 11 is 0. The Balaban J connectivity index is 0.000000315. The highest BCUT2D eigenvalue weighted by atomic mass is 16.5. The highest BCUT2D eigenvalue weighted by Crippen LogP contribution is 2.06. The number of ether oxygens (including phenoxy) is 1. The Morgan fingerprint density at radius 3 is 1.24 bits per heavy atom. The molecule has 0 bridgehead atoms. The lowest BCUT2D eigenvalue weighted by atomic mass is 10.1. The maximum absolute atomic E-state index is 11.2. The first-order valence-corrected chi connectivity index (χ1v) is 13.8. The van der Waals surface area contributed by atoms with Gasteiger partial charge in [0.15, 0.2) is 0 Å². The van der Waals surface area contributed by atoms with E-state index in [0.29, 0.717) is 6.42 Å². The number of benzene rings is 3. The highest BCUT2D eigenvalue weighted by molar-refractivity contribution is 5.69. The molecule has 8 heteroatoms. The normalized spacial score (nSPS) is 10.7. The van der Waals surface area contributed by atoms with Crippen molar-refractivity contribution in [3.05, 3.63) is 108 Å². The Morgan fingerprint density at radius 2 is 0.927 bits per heavy atom. The maximum atomic E-state index is 11.2. The number of carboxylic acid groups (broad SMARTS) is 2. The molecule has 3 aromatic rings. The monoisotopic (exact) mass is 566 g/mol. The zero-order valence-corrected chi connectivity index (χ0v) is 23.4. The predicted molar refractivity (Wildman–Crippen MR) is 157 cm³/mol. The summed E-state index contributed by atoms with van der Waals surface area (Å²) in [6, 6.07) is 29.8. The van der Waals surface area contributed by atoms with E-state index in [0.717, 1.165) is 38.5 Å². The summed E-state index contributed by atoms with van der Waals surface area (Å²) in [6.45, 7) is -0.530. The van der Waals surface area contributed by atoms with Crippen LogP contribution in [0.1, 0.15) is 55.2 Å². The van der Waals surface area contributed by atoms with E-state index >= 15 is 0 Å². The van der Waals surface area contributed by atoms with Crippen molar-refractivity contribution in [2.75, 3.05) is 13.2 Å². The fourth-order valence-electron chi connectivity index (χ4n) is 3.57. The fourth-order valence-corrected chi connectivity index (χ4v) is 3.57. The molecule has 4 N–H and O–H groups in total. The van der Waals surface area contributed by atoms with Gasteiger partial charge in [0.05, 0.1) is 6.61 Å². The molecule has 0 aliphatic carbocycles. The lowest BCUT2D eigenvalue weighted by Crippen LogP contribution is -2.21. The molecule has 8 nitrogen and oxygen atoms in total. The third-order valence-electron chi connectivity index (χ3n) is 5.73. The van der Waals surface area contributed by atoms with E-state index in [1.165, 1.54) is 16.7 Å². The third-order valence-corrected chi connectivity index (χ3v) is 5.73. The number of carbonyl (C=O) groups excluding carboxylic acids is 1. The van der Waals surface area contributed by atoms with Gasteiger partial charge in [0.1, 0.15) is 12.7 Å². The number of carboxylic acids is 2. The molecule has 0 saturated heterocycles. The standard InChI is InChI=1S/C13H18O4.2C10H12O2/c14-9-12(15)10-17-13(16)8-4-7-11-5-2-1-3-6-11;2*11-10(12)8-4-7-9-5-2-1-3-6-9/h1-3,5-6,12,14-15H,4,7-10H2;2*1-3,5-6H,4,7-8H2,(H,11,12). The minimum Gasteiger partial charge on any atom is -0.481 e. The summed E-state index contributed by atoms with van der Waals surface area (Å²) in [5, 5.41) is 34.3. The van der Waals surface area contributed by atoms with E-state index in [1.807, 2.05) is 91.0 Å². The molecular formula is C33H42O8. The largest absolute Gasteiger partial charge is 0.481 e. The molecule has 0 aliphatic rings. The van der Waals surface area contributed by atoms with Crippen molar-refractivity contribution in [1.82, 2.24) is 0 Å². The molecule has 0 aromatic heterocycles. The Morgan fingerprint density at radius 1 is 0.585 bits per heavy atom. The molecule has 0 radical (unpaired) electrons. The molecule has 1 unspecified atom stereocenters. The van der Waals surface area contributed by atoms with Crippen LogP contribution in [0.3, 0.4) is 0 Å². The van der Waals surface area contributed by atoms with Crippen molar-refractivity contribution < 1.29 is 39.5 Å². The van der Waals surface area contributed by atoms with Gasteiger partial charge in [-0.15, -0.1) is 0 Å². The number of aliphatic hydroxyl groups is 2. The molecule has 0 amide bonds. The van der Waals surface area contributed by atoms with Crippen LogP contribution in [0, 0.1) is 0 Å². The number of hydrogen-bond acceptors (Lipinski definition) is 6. The SMILES string of the molecule is O=C(CCCc1ccccc1)OCC(O)CO.O=C(O)CCCc1ccccc1.O=C(O)CCCc1ccccc1. The van der Waals surface area contributed by atoms with Crippen LogP contribution < -0.4 is 0 Å². The maximum Gasteiger partial charge on any atom is 0.305 e. The van der Waals surface area contributed by atoms with E-state index in [9.17, 15) is 14.4 Å². The number of esters is 1. The highest BCUT2D eigenvalue weighted by Gasteiger charge is 2.07. The van der Waals surface area contributed by atoms with Crippen LogP contribution in [0.25, 0.3) is 0 Å². The smallest absolute Gasteiger partial charge is 0.305 e. The van der Waals surface area contributed by atoms with Crippen LogP contribution in [0.4, 0.5) is 0 Å². The first-order valence-electron chi connectivity index (χ1n) is 13.8. The lowest BCUT2D eigenvalue weighted by molar-refractivity contribution is -0.147. The number of carbonyl (C=O) groups is 3. The summed E-state index contributed by atoms with van der Waals surface area (Å²) in [4.78, 5) is 31.6.